The Morgan fingerprint density at radius 1 is 1.17 bits per heavy atom. The van der Waals surface area contributed by atoms with Gasteiger partial charge in [-0.2, -0.15) is 0 Å². The van der Waals surface area contributed by atoms with Crippen LogP contribution in [0.4, 0.5) is 0 Å². The predicted molar refractivity (Wildman–Crippen MR) is 93.7 cm³/mol. The molecular formula is C18H24N4O. The van der Waals surface area contributed by atoms with E-state index in [1.807, 2.05) is 67.4 Å². The lowest BCUT2D eigenvalue weighted by molar-refractivity contribution is 0.281. The average Bonchev–Trinajstić information content (AvgIpc) is 2.56. The first-order chi connectivity index (χ1) is 11.2. The molecule has 2 aromatic rings. The Kier molecular flexibility index (Phi) is 6.41. The number of nitrogens with one attached hydrogen (secondary N) is 1. The second kappa shape index (κ2) is 8.78. The van der Waals surface area contributed by atoms with Crippen LogP contribution < -0.4 is 10.1 Å². The third-order valence-electron chi connectivity index (χ3n) is 3.39. The van der Waals surface area contributed by atoms with E-state index in [1.54, 1.807) is 7.05 Å². The van der Waals surface area contributed by atoms with Crippen molar-refractivity contribution in [2.75, 3.05) is 27.2 Å². The van der Waals surface area contributed by atoms with E-state index in [-0.39, 0.29) is 0 Å². The molecule has 1 aromatic heterocycles. The summed E-state index contributed by atoms with van der Waals surface area (Å²) in [4.78, 5) is 10.8. The quantitative estimate of drug-likeness (QED) is 0.657. The molecule has 0 spiro atoms. The van der Waals surface area contributed by atoms with Crippen LogP contribution in [-0.4, -0.2) is 43.1 Å². The van der Waals surface area contributed by atoms with Crippen LogP contribution in [0.1, 0.15) is 11.4 Å². The molecular weight excluding hydrogens is 288 g/mol. The van der Waals surface area contributed by atoms with Gasteiger partial charge in [0.15, 0.2) is 5.96 Å². The van der Waals surface area contributed by atoms with Crippen LogP contribution in [0.5, 0.6) is 5.75 Å². The Balaban J connectivity index is 1.78. The maximum Gasteiger partial charge on any atom is 0.193 e. The standard InChI is InChI=1S/C18H24N4O/c1-15-8-7-9-16(21-15)14-20-18(19-2)22(3)12-13-23-17-10-5-4-6-11-17/h4-11H,12-14H2,1-3H3,(H,19,20). The molecule has 0 unspecified atom stereocenters. The number of aromatic nitrogens is 1. The number of ether oxygens (including phenoxy) is 1. The summed E-state index contributed by atoms with van der Waals surface area (Å²) in [6.07, 6.45) is 0. The number of aliphatic imine (C=N–C) groups is 1. The zero-order valence-electron chi connectivity index (χ0n) is 14.0. The van der Waals surface area contributed by atoms with Gasteiger partial charge in [0.05, 0.1) is 18.8 Å². The smallest absolute Gasteiger partial charge is 0.193 e. The highest BCUT2D eigenvalue weighted by molar-refractivity contribution is 5.79. The van der Waals surface area contributed by atoms with E-state index in [1.165, 1.54) is 0 Å². The maximum absolute atomic E-state index is 5.71. The second-order valence-electron chi connectivity index (χ2n) is 5.25. The zero-order valence-corrected chi connectivity index (χ0v) is 14.0. The van der Waals surface area contributed by atoms with E-state index in [0.29, 0.717) is 13.2 Å². The normalized spacial score (nSPS) is 11.2. The first kappa shape index (κ1) is 16.8. The largest absolute Gasteiger partial charge is 0.492 e. The molecule has 0 bridgehead atoms. The molecule has 0 aliphatic rings. The molecule has 1 N–H and O–H groups in total. The molecule has 0 saturated carbocycles. The van der Waals surface area contributed by atoms with Crippen LogP contribution in [0.25, 0.3) is 0 Å². The Morgan fingerprint density at radius 2 is 1.96 bits per heavy atom. The van der Waals surface area contributed by atoms with Crippen LogP contribution in [0.3, 0.4) is 0 Å². The predicted octanol–water partition coefficient (Wildman–Crippen LogP) is 2.48. The Labute approximate surface area is 138 Å². The van der Waals surface area contributed by atoms with Crippen LogP contribution in [0.15, 0.2) is 53.5 Å². The molecule has 0 amide bonds. The lowest BCUT2D eigenvalue weighted by atomic mass is 10.3. The molecule has 122 valence electrons. The van der Waals surface area contributed by atoms with Crippen LogP contribution in [-0.2, 0) is 6.54 Å². The Morgan fingerprint density at radius 3 is 2.65 bits per heavy atom. The number of aryl methyl sites for hydroxylation is 1. The van der Waals surface area contributed by atoms with Crippen molar-refractivity contribution in [3.63, 3.8) is 0 Å². The number of pyridine rings is 1. The third kappa shape index (κ3) is 5.62. The molecule has 23 heavy (non-hydrogen) atoms. The molecule has 0 aliphatic heterocycles. The van der Waals surface area contributed by atoms with Gasteiger partial charge in [-0.15, -0.1) is 0 Å². The van der Waals surface area contributed by atoms with Gasteiger partial charge >= 0.3 is 0 Å². The molecule has 0 fully saturated rings. The summed E-state index contributed by atoms with van der Waals surface area (Å²) >= 11 is 0. The summed E-state index contributed by atoms with van der Waals surface area (Å²) in [5.74, 6) is 1.71. The highest BCUT2D eigenvalue weighted by Crippen LogP contribution is 2.07. The van der Waals surface area contributed by atoms with Gasteiger partial charge in [0.25, 0.3) is 0 Å². The number of likely N-dealkylation sites (N-methyl/N-ethyl adjacent to an activating group) is 1. The van der Waals surface area contributed by atoms with E-state index >= 15 is 0 Å². The molecule has 0 aliphatic carbocycles. The summed E-state index contributed by atoms with van der Waals surface area (Å²) in [7, 11) is 3.77. The molecule has 1 aromatic carbocycles. The number of hydrogen-bond acceptors (Lipinski definition) is 3. The van der Waals surface area contributed by atoms with Crippen molar-refractivity contribution in [3.05, 3.63) is 59.9 Å². The number of nitrogens with zero attached hydrogens (tertiary/aromatic N) is 3. The summed E-state index contributed by atoms with van der Waals surface area (Å²) in [5, 5.41) is 3.32. The van der Waals surface area contributed by atoms with Gasteiger partial charge in [0.2, 0.25) is 0 Å². The fraction of sp³-hybridized carbons (Fsp3) is 0.333. The van der Waals surface area contributed by atoms with Crippen molar-refractivity contribution >= 4 is 5.96 Å². The van der Waals surface area contributed by atoms with Crippen molar-refractivity contribution < 1.29 is 4.74 Å². The third-order valence-corrected chi connectivity index (χ3v) is 3.39. The molecule has 5 heteroatoms. The average molecular weight is 312 g/mol. The number of guanidine groups is 1. The SMILES string of the molecule is CN=C(NCc1cccc(C)n1)N(C)CCOc1ccccc1. The monoisotopic (exact) mass is 312 g/mol. The van der Waals surface area contributed by atoms with E-state index in [2.05, 4.69) is 15.3 Å². The minimum Gasteiger partial charge on any atom is -0.492 e. The number of para-hydroxylation sites is 1. The van der Waals surface area contributed by atoms with Crippen molar-refractivity contribution in [2.24, 2.45) is 4.99 Å². The molecule has 5 nitrogen and oxygen atoms in total. The lowest BCUT2D eigenvalue weighted by Crippen LogP contribution is -2.40. The summed E-state index contributed by atoms with van der Waals surface area (Å²) < 4.78 is 5.71. The van der Waals surface area contributed by atoms with Crippen LogP contribution in [0.2, 0.25) is 0 Å². The van der Waals surface area contributed by atoms with Crippen LogP contribution >= 0.6 is 0 Å². The lowest BCUT2D eigenvalue weighted by Gasteiger charge is -2.22. The van der Waals surface area contributed by atoms with E-state index in [4.69, 9.17) is 4.74 Å². The fourth-order valence-electron chi connectivity index (χ4n) is 2.18. The number of rotatable bonds is 6. The summed E-state index contributed by atoms with van der Waals surface area (Å²) in [6, 6.07) is 15.8. The molecule has 0 radical (unpaired) electrons. The number of benzene rings is 1. The van der Waals surface area contributed by atoms with Crippen molar-refractivity contribution in [1.29, 1.82) is 0 Å². The topological polar surface area (TPSA) is 49.8 Å². The van der Waals surface area contributed by atoms with E-state index < -0.39 is 0 Å². The van der Waals surface area contributed by atoms with Crippen molar-refractivity contribution in [3.8, 4) is 5.75 Å². The van der Waals surface area contributed by atoms with Crippen molar-refractivity contribution in [2.45, 2.75) is 13.5 Å². The Hall–Kier alpha value is -2.56. The highest BCUT2D eigenvalue weighted by atomic mass is 16.5. The first-order valence-corrected chi connectivity index (χ1v) is 7.71. The van der Waals surface area contributed by atoms with Gasteiger partial charge in [-0.05, 0) is 31.2 Å². The van der Waals surface area contributed by atoms with Gasteiger partial charge in [0.1, 0.15) is 12.4 Å². The molecule has 0 saturated heterocycles. The Bertz CT molecular complexity index is 628. The summed E-state index contributed by atoms with van der Waals surface area (Å²) in [5.41, 5.74) is 2.02. The molecule has 2 rings (SSSR count). The zero-order chi connectivity index (χ0) is 16.5. The first-order valence-electron chi connectivity index (χ1n) is 7.71. The summed E-state index contributed by atoms with van der Waals surface area (Å²) in [6.45, 7) is 3.99. The maximum atomic E-state index is 5.71. The van der Waals surface area contributed by atoms with Crippen molar-refractivity contribution in [1.82, 2.24) is 15.2 Å². The van der Waals surface area contributed by atoms with E-state index in [0.717, 1.165) is 29.6 Å². The fourth-order valence-corrected chi connectivity index (χ4v) is 2.18. The van der Waals surface area contributed by atoms with E-state index in [9.17, 15) is 0 Å². The van der Waals surface area contributed by atoms with Gasteiger partial charge in [-0.3, -0.25) is 9.98 Å². The van der Waals surface area contributed by atoms with Gasteiger partial charge < -0.3 is 15.0 Å². The van der Waals surface area contributed by atoms with Gasteiger partial charge in [-0.25, -0.2) is 0 Å². The van der Waals surface area contributed by atoms with Crippen LogP contribution in [0, 0.1) is 6.92 Å². The highest BCUT2D eigenvalue weighted by Gasteiger charge is 2.06. The van der Waals surface area contributed by atoms with Gasteiger partial charge in [0, 0.05) is 19.8 Å². The molecule has 1 heterocycles. The molecule has 0 atom stereocenters. The van der Waals surface area contributed by atoms with Gasteiger partial charge in [-0.1, -0.05) is 24.3 Å². The minimum absolute atomic E-state index is 0.601. The number of hydrogen-bond donors (Lipinski definition) is 1. The minimum atomic E-state index is 0.601. The second-order valence-corrected chi connectivity index (χ2v) is 5.25.